The lowest BCUT2D eigenvalue weighted by atomic mass is 10.0. The second-order valence-corrected chi connectivity index (χ2v) is 10.9. The largest absolute Gasteiger partial charge is 0.494 e. The maximum Gasteiger partial charge on any atom is 0.347 e. The summed E-state index contributed by atoms with van der Waals surface area (Å²) in [5, 5.41) is 0. The minimum absolute atomic E-state index is 0.232. The molecule has 0 saturated carbocycles. The fourth-order valence-corrected chi connectivity index (χ4v) is 4.54. The molecule has 7 nitrogen and oxygen atoms in total. The van der Waals surface area contributed by atoms with Gasteiger partial charge in [0.2, 0.25) is 0 Å². The maximum absolute atomic E-state index is 12.7. The number of hydrogen-bond donors (Lipinski definition) is 0. The summed E-state index contributed by atoms with van der Waals surface area (Å²) < 4.78 is 21.8. The third-order valence-electron chi connectivity index (χ3n) is 7.23. The standard InChI is InChI=1S/C37H46O7/c1-4-6-8-10-11-13-26-41-33-22-18-30(19-23-33)29-14-16-31(17-15-29)37(40)44-34-24-20-32(21-25-34)36(39)43-28(3)35(38)42-27-12-9-7-5-2/h14-25,28H,4-13,26-27H2,1-3H3/t28-/m0/s1. The summed E-state index contributed by atoms with van der Waals surface area (Å²) in [6, 6.07) is 21.1. The summed E-state index contributed by atoms with van der Waals surface area (Å²) in [7, 11) is 0. The fourth-order valence-electron chi connectivity index (χ4n) is 4.54. The van der Waals surface area contributed by atoms with Crippen LogP contribution in [0.25, 0.3) is 11.1 Å². The van der Waals surface area contributed by atoms with Crippen molar-refractivity contribution >= 4 is 17.9 Å². The Balaban J connectivity index is 1.43. The van der Waals surface area contributed by atoms with Crippen LogP contribution in [0, 0.1) is 0 Å². The molecule has 7 heteroatoms. The van der Waals surface area contributed by atoms with Gasteiger partial charge in [0.25, 0.3) is 0 Å². The zero-order valence-corrected chi connectivity index (χ0v) is 26.3. The quantitative estimate of drug-likeness (QED) is 0.0768. The van der Waals surface area contributed by atoms with Gasteiger partial charge in [0.15, 0.2) is 6.10 Å². The predicted octanol–water partition coefficient (Wildman–Crippen LogP) is 8.98. The van der Waals surface area contributed by atoms with E-state index in [1.165, 1.54) is 63.3 Å². The normalized spacial score (nSPS) is 11.4. The molecule has 3 rings (SSSR count). The third-order valence-corrected chi connectivity index (χ3v) is 7.23. The molecule has 0 fully saturated rings. The lowest BCUT2D eigenvalue weighted by molar-refractivity contribution is -0.153. The van der Waals surface area contributed by atoms with Gasteiger partial charge in [-0.15, -0.1) is 0 Å². The number of ether oxygens (including phenoxy) is 4. The number of benzene rings is 3. The van der Waals surface area contributed by atoms with E-state index in [0.717, 1.165) is 55.6 Å². The molecule has 3 aromatic carbocycles. The minimum Gasteiger partial charge on any atom is -0.494 e. The summed E-state index contributed by atoms with van der Waals surface area (Å²) in [5.74, 6) is -0.609. The van der Waals surface area contributed by atoms with Crippen LogP contribution in [-0.2, 0) is 14.3 Å². The van der Waals surface area contributed by atoms with E-state index in [1.54, 1.807) is 12.1 Å². The monoisotopic (exact) mass is 602 g/mol. The zero-order chi connectivity index (χ0) is 31.6. The fraction of sp³-hybridized carbons (Fsp3) is 0.432. The molecule has 0 aliphatic heterocycles. The van der Waals surface area contributed by atoms with Crippen molar-refractivity contribution in [1.29, 1.82) is 0 Å². The maximum atomic E-state index is 12.7. The van der Waals surface area contributed by atoms with Gasteiger partial charge in [0, 0.05) is 0 Å². The Morgan fingerprint density at radius 1 is 0.568 bits per heavy atom. The van der Waals surface area contributed by atoms with Gasteiger partial charge in [-0.05, 0) is 79.4 Å². The molecule has 0 unspecified atom stereocenters. The van der Waals surface area contributed by atoms with E-state index >= 15 is 0 Å². The smallest absolute Gasteiger partial charge is 0.347 e. The Morgan fingerprint density at radius 3 is 1.68 bits per heavy atom. The average Bonchev–Trinajstić information content (AvgIpc) is 3.04. The highest BCUT2D eigenvalue weighted by Crippen LogP contribution is 2.24. The molecule has 3 aromatic rings. The van der Waals surface area contributed by atoms with Crippen molar-refractivity contribution in [2.45, 2.75) is 91.1 Å². The highest BCUT2D eigenvalue weighted by Gasteiger charge is 2.20. The molecule has 0 radical (unpaired) electrons. The highest BCUT2D eigenvalue weighted by atomic mass is 16.6. The summed E-state index contributed by atoms with van der Waals surface area (Å²) in [4.78, 5) is 37.2. The Bertz CT molecular complexity index is 1280. The SMILES string of the molecule is CCCCCCCCOc1ccc(-c2ccc(C(=O)Oc3ccc(C(=O)O[C@@H](C)C(=O)OCCCCCC)cc3)cc2)cc1. The molecule has 0 bridgehead atoms. The molecule has 0 N–H and O–H groups in total. The number of unbranched alkanes of at least 4 members (excludes halogenated alkanes) is 8. The van der Waals surface area contributed by atoms with E-state index in [2.05, 4.69) is 13.8 Å². The van der Waals surface area contributed by atoms with Gasteiger partial charge >= 0.3 is 17.9 Å². The van der Waals surface area contributed by atoms with Gasteiger partial charge in [-0.2, -0.15) is 0 Å². The molecule has 0 aliphatic carbocycles. The van der Waals surface area contributed by atoms with Crippen LogP contribution in [0.15, 0.2) is 72.8 Å². The third kappa shape index (κ3) is 11.9. The summed E-state index contributed by atoms with van der Waals surface area (Å²) in [6.45, 7) is 6.85. The minimum atomic E-state index is -1.02. The Morgan fingerprint density at radius 2 is 1.05 bits per heavy atom. The molecule has 1 atom stereocenters. The molecule has 44 heavy (non-hydrogen) atoms. The number of carbonyl (C=O) groups excluding carboxylic acids is 3. The van der Waals surface area contributed by atoms with Crippen LogP contribution in [-0.4, -0.2) is 37.2 Å². The van der Waals surface area contributed by atoms with Gasteiger partial charge in [0.05, 0.1) is 24.3 Å². The van der Waals surface area contributed by atoms with E-state index in [9.17, 15) is 14.4 Å². The topological polar surface area (TPSA) is 88.1 Å². The van der Waals surface area contributed by atoms with Crippen LogP contribution in [0.5, 0.6) is 11.5 Å². The van der Waals surface area contributed by atoms with E-state index in [1.807, 2.05) is 36.4 Å². The first kappa shape index (κ1) is 34.4. The zero-order valence-electron chi connectivity index (χ0n) is 26.3. The van der Waals surface area contributed by atoms with Crippen LogP contribution < -0.4 is 9.47 Å². The molecule has 0 aliphatic rings. The first-order valence-electron chi connectivity index (χ1n) is 15.9. The van der Waals surface area contributed by atoms with E-state index in [-0.39, 0.29) is 11.3 Å². The van der Waals surface area contributed by atoms with Crippen LogP contribution >= 0.6 is 0 Å². The molecular weight excluding hydrogens is 556 g/mol. The molecular formula is C37H46O7. The Kier molecular flexibility index (Phi) is 15.0. The highest BCUT2D eigenvalue weighted by molar-refractivity contribution is 5.93. The Hall–Kier alpha value is -4.13. The molecule has 0 spiro atoms. The number of carbonyl (C=O) groups is 3. The molecule has 0 aromatic heterocycles. The average molecular weight is 603 g/mol. The van der Waals surface area contributed by atoms with E-state index < -0.39 is 24.0 Å². The van der Waals surface area contributed by atoms with E-state index in [4.69, 9.17) is 18.9 Å². The van der Waals surface area contributed by atoms with Gasteiger partial charge in [-0.3, -0.25) is 0 Å². The molecule has 0 saturated heterocycles. The van der Waals surface area contributed by atoms with Gasteiger partial charge in [-0.25, -0.2) is 14.4 Å². The van der Waals surface area contributed by atoms with Gasteiger partial charge in [0.1, 0.15) is 11.5 Å². The number of esters is 3. The predicted molar refractivity (Wildman–Crippen MR) is 172 cm³/mol. The van der Waals surface area contributed by atoms with Crippen molar-refractivity contribution in [2.24, 2.45) is 0 Å². The second kappa shape index (κ2) is 19.2. The van der Waals surface area contributed by atoms with E-state index in [0.29, 0.717) is 12.2 Å². The molecule has 236 valence electrons. The summed E-state index contributed by atoms with van der Waals surface area (Å²) >= 11 is 0. The van der Waals surface area contributed by atoms with Gasteiger partial charge < -0.3 is 18.9 Å². The second-order valence-electron chi connectivity index (χ2n) is 10.9. The Labute approximate surface area is 261 Å². The van der Waals surface area contributed by atoms with Crippen LogP contribution in [0.1, 0.15) is 106 Å². The summed E-state index contributed by atoms with van der Waals surface area (Å²) in [5.41, 5.74) is 2.63. The number of hydrogen-bond acceptors (Lipinski definition) is 7. The van der Waals surface area contributed by atoms with Crippen LogP contribution in [0.2, 0.25) is 0 Å². The first-order valence-corrected chi connectivity index (χ1v) is 15.9. The van der Waals surface area contributed by atoms with Crippen molar-refractivity contribution in [2.75, 3.05) is 13.2 Å². The first-order chi connectivity index (χ1) is 21.4. The lowest BCUT2D eigenvalue weighted by Crippen LogP contribution is -2.26. The molecule has 0 heterocycles. The van der Waals surface area contributed by atoms with Crippen molar-refractivity contribution in [1.82, 2.24) is 0 Å². The van der Waals surface area contributed by atoms with Crippen LogP contribution in [0.3, 0.4) is 0 Å². The van der Waals surface area contributed by atoms with Crippen molar-refractivity contribution in [3.8, 4) is 22.6 Å². The van der Waals surface area contributed by atoms with Crippen molar-refractivity contribution in [3.63, 3.8) is 0 Å². The van der Waals surface area contributed by atoms with Gasteiger partial charge in [-0.1, -0.05) is 89.5 Å². The van der Waals surface area contributed by atoms with Crippen molar-refractivity contribution < 1.29 is 33.3 Å². The summed E-state index contributed by atoms with van der Waals surface area (Å²) in [6.07, 6.45) is 10.3. The molecule has 0 amide bonds. The lowest BCUT2D eigenvalue weighted by Gasteiger charge is -2.13. The number of rotatable bonds is 19. The van der Waals surface area contributed by atoms with Crippen molar-refractivity contribution in [3.05, 3.63) is 83.9 Å². The van der Waals surface area contributed by atoms with Crippen LogP contribution in [0.4, 0.5) is 0 Å².